The summed E-state index contributed by atoms with van der Waals surface area (Å²) >= 11 is 0. The van der Waals surface area contributed by atoms with Crippen molar-refractivity contribution in [2.24, 2.45) is 0 Å². The van der Waals surface area contributed by atoms with Gasteiger partial charge in [-0.25, -0.2) is 0 Å². The van der Waals surface area contributed by atoms with E-state index in [2.05, 4.69) is 30.4 Å². The number of terminal acetylenes is 1. The molecule has 0 spiro atoms. The molecule has 99 valence electrons. The molecule has 1 aliphatic heterocycles. The molecule has 0 aliphatic carbocycles. The van der Waals surface area contributed by atoms with Crippen molar-refractivity contribution in [3.63, 3.8) is 0 Å². The van der Waals surface area contributed by atoms with Crippen LogP contribution < -0.4 is 4.74 Å². The topological polar surface area (TPSA) is 12.5 Å². The predicted octanol–water partition coefficient (Wildman–Crippen LogP) is 3.25. The normalized spacial score (nSPS) is 13.3. The average Bonchev–Trinajstić information content (AvgIpc) is 2.45. The molecule has 2 rings (SSSR count). The van der Waals surface area contributed by atoms with Crippen LogP contribution in [0.2, 0.25) is 0 Å². The van der Waals surface area contributed by atoms with Gasteiger partial charge in [0.1, 0.15) is 12.4 Å². The Labute approximate surface area is 146 Å². The molecular weight excluding hydrogens is 323 g/mol. The standard InChI is InChI=1S/C17H16NO.Y/c1-4-13-19-16-11-9-15(10-12-16)17-8-6-7-14(3)18(17)5-2;/h1,6-7,9-12H,3,5,13H2,2H3;/q-1;. The van der Waals surface area contributed by atoms with Crippen LogP contribution in [0, 0.1) is 18.4 Å². The molecule has 1 aromatic carbocycles. The van der Waals surface area contributed by atoms with Gasteiger partial charge in [-0.15, -0.1) is 24.6 Å². The van der Waals surface area contributed by atoms with E-state index >= 15 is 0 Å². The summed E-state index contributed by atoms with van der Waals surface area (Å²) in [7, 11) is 0. The number of allylic oxidation sites excluding steroid dienone is 3. The number of benzene rings is 1. The molecule has 0 fully saturated rings. The summed E-state index contributed by atoms with van der Waals surface area (Å²) < 4.78 is 5.36. The van der Waals surface area contributed by atoms with Crippen LogP contribution >= 0.6 is 0 Å². The van der Waals surface area contributed by atoms with Gasteiger partial charge < -0.3 is 9.64 Å². The molecule has 1 heterocycles. The zero-order valence-electron chi connectivity index (χ0n) is 11.6. The van der Waals surface area contributed by atoms with E-state index in [9.17, 15) is 0 Å². The molecule has 3 heteroatoms. The third-order valence-electron chi connectivity index (χ3n) is 2.88. The molecule has 0 aromatic heterocycles. The van der Waals surface area contributed by atoms with E-state index < -0.39 is 0 Å². The van der Waals surface area contributed by atoms with Gasteiger partial charge in [-0.2, -0.15) is 12.2 Å². The van der Waals surface area contributed by atoms with E-state index in [-0.39, 0.29) is 39.3 Å². The van der Waals surface area contributed by atoms with Gasteiger partial charge in [-0.05, 0) is 24.8 Å². The fourth-order valence-corrected chi connectivity index (χ4v) is 1.96. The van der Waals surface area contributed by atoms with Crippen molar-refractivity contribution in [1.82, 2.24) is 4.90 Å². The summed E-state index contributed by atoms with van der Waals surface area (Å²) in [5, 5.41) is 0. The number of hydrogen-bond acceptors (Lipinski definition) is 2. The summed E-state index contributed by atoms with van der Waals surface area (Å²) in [6.07, 6.45) is 12.3. The molecule has 1 aromatic rings. The molecule has 0 atom stereocenters. The zero-order valence-corrected chi connectivity index (χ0v) is 14.4. The number of nitrogens with zero attached hydrogens (tertiary/aromatic N) is 1. The molecule has 1 radical (unpaired) electrons. The first-order valence-electron chi connectivity index (χ1n) is 6.19. The maximum atomic E-state index is 5.36. The fourth-order valence-electron chi connectivity index (χ4n) is 1.96. The van der Waals surface area contributed by atoms with E-state index in [0.29, 0.717) is 0 Å². The second kappa shape index (κ2) is 8.09. The molecule has 0 saturated carbocycles. The monoisotopic (exact) mass is 339 g/mol. The first-order valence-corrected chi connectivity index (χ1v) is 6.19. The van der Waals surface area contributed by atoms with Gasteiger partial charge in [0.15, 0.2) is 0 Å². The first-order chi connectivity index (χ1) is 9.26. The fraction of sp³-hybridized carbons (Fsp3) is 0.176. The number of rotatable bonds is 4. The van der Waals surface area contributed by atoms with Crippen molar-refractivity contribution in [2.45, 2.75) is 6.92 Å². The van der Waals surface area contributed by atoms with E-state index in [4.69, 9.17) is 11.2 Å². The van der Waals surface area contributed by atoms with Crippen LogP contribution in [0.4, 0.5) is 0 Å². The quantitative estimate of drug-likeness (QED) is 0.617. The van der Waals surface area contributed by atoms with Gasteiger partial charge in [0.05, 0.1) is 0 Å². The Hall–Kier alpha value is -1.30. The Bertz CT molecular complexity index is 564. The van der Waals surface area contributed by atoms with Crippen molar-refractivity contribution in [1.29, 1.82) is 0 Å². The van der Waals surface area contributed by atoms with Gasteiger partial charge in [-0.3, -0.25) is 0 Å². The Kier molecular flexibility index (Phi) is 6.78. The average molecular weight is 339 g/mol. The minimum Gasteiger partial charge on any atom is -0.481 e. The molecule has 0 amide bonds. The van der Waals surface area contributed by atoms with E-state index in [1.54, 1.807) is 0 Å². The van der Waals surface area contributed by atoms with Crippen LogP contribution in [0.25, 0.3) is 5.70 Å². The third-order valence-corrected chi connectivity index (χ3v) is 2.88. The second-order valence-corrected chi connectivity index (χ2v) is 4.08. The Morgan fingerprint density at radius 3 is 2.65 bits per heavy atom. The summed E-state index contributed by atoms with van der Waals surface area (Å²) in [6, 6.07) is 7.83. The van der Waals surface area contributed by atoms with Crippen LogP contribution in [-0.2, 0) is 32.7 Å². The SMILES string of the molecule is C#CCOc1ccc(C2=[C-]C=CC(=C)N2CC)cc1.[Y]. The summed E-state index contributed by atoms with van der Waals surface area (Å²) in [5.74, 6) is 3.22. The Morgan fingerprint density at radius 1 is 1.35 bits per heavy atom. The van der Waals surface area contributed by atoms with Gasteiger partial charge in [0, 0.05) is 39.3 Å². The first kappa shape index (κ1) is 16.8. The zero-order chi connectivity index (χ0) is 13.7. The van der Waals surface area contributed by atoms with Crippen LogP contribution in [0.1, 0.15) is 12.5 Å². The maximum absolute atomic E-state index is 5.36. The number of likely N-dealkylation sites (N-methyl/N-ethyl adjacent to an activating group) is 1. The molecule has 2 nitrogen and oxygen atoms in total. The minimum absolute atomic E-state index is 0. The van der Waals surface area contributed by atoms with Gasteiger partial charge >= 0.3 is 0 Å². The minimum atomic E-state index is 0. The van der Waals surface area contributed by atoms with Crippen LogP contribution in [-0.4, -0.2) is 18.1 Å². The molecule has 0 saturated heterocycles. The van der Waals surface area contributed by atoms with Crippen molar-refractivity contribution < 1.29 is 37.4 Å². The van der Waals surface area contributed by atoms with Gasteiger partial charge in [0.25, 0.3) is 0 Å². The molecule has 0 N–H and O–H groups in total. The smallest absolute Gasteiger partial charge is 0.148 e. The third kappa shape index (κ3) is 3.85. The van der Waals surface area contributed by atoms with E-state index in [1.807, 2.05) is 36.4 Å². The van der Waals surface area contributed by atoms with Crippen molar-refractivity contribution >= 4 is 5.70 Å². The molecule has 0 bridgehead atoms. The number of hydrogen-bond donors (Lipinski definition) is 0. The van der Waals surface area contributed by atoms with Crippen LogP contribution in [0.5, 0.6) is 5.75 Å². The van der Waals surface area contributed by atoms with Gasteiger partial charge in [0.2, 0.25) is 0 Å². The van der Waals surface area contributed by atoms with Crippen LogP contribution in [0.15, 0.2) is 48.7 Å². The van der Waals surface area contributed by atoms with Crippen molar-refractivity contribution in [3.05, 3.63) is 60.3 Å². The Morgan fingerprint density at radius 2 is 2.05 bits per heavy atom. The molecule has 1 aliphatic rings. The summed E-state index contributed by atoms with van der Waals surface area (Å²) in [6.45, 7) is 7.27. The summed E-state index contributed by atoms with van der Waals surface area (Å²) in [4.78, 5) is 2.12. The van der Waals surface area contributed by atoms with E-state index in [0.717, 1.165) is 29.3 Å². The van der Waals surface area contributed by atoms with Crippen molar-refractivity contribution in [3.8, 4) is 18.1 Å². The molecule has 0 unspecified atom stereocenters. The maximum Gasteiger partial charge on any atom is 0.148 e. The van der Waals surface area contributed by atoms with Gasteiger partial charge in [-0.1, -0.05) is 23.8 Å². The summed E-state index contributed by atoms with van der Waals surface area (Å²) in [5.41, 5.74) is 3.09. The Balaban J connectivity index is 0.00000200. The van der Waals surface area contributed by atoms with E-state index in [1.165, 1.54) is 0 Å². The predicted molar refractivity (Wildman–Crippen MR) is 78.1 cm³/mol. The molecular formula is C17H16NOY-. The van der Waals surface area contributed by atoms with Crippen molar-refractivity contribution in [2.75, 3.05) is 13.2 Å². The van der Waals surface area contributed by atoms with Crippen LogP contribution in [0.3, 0.4) is 0 Å². The second-order valence-electron chi connectivity index (χ2n) is 4.08. The molecule has 20 heavy (non-hydrogen) atoms. The number of ether oxygens (including phenoxy) is 1. The largest absolute Gasteiger partial charge is 0.481 e.